The lowest BCUT2D eigenvalue weighted by molar-refractivity contribution is -0.0361. The van der Waals surface area contributed by atoms with Crippen LogP contribution in [0.2, 0.25) is 0 Å². The number of rotatable bonds is 4. The summed E-state index contributed by atoms with van der Waals surface area (Å²) < 4.78 is 31.9. The van der Waals surface area contributed by atoms with Crippen LogP contribution < -0.4 is 15.4 Å². The summed E-state index contributed by atoms with van der Waals surface area (Å²) in [5.74, 6) is -1.80. The van der Waals surface area contributed by atoms with Crippen LogP contribution in [0.3, 0.4) is 0 Å². The van der Waals surface area contributed by atoms with Crippen molar-refractivity contribution in [3.63, 3.8) is 0 Å². The van der Waals surface area contributed by atoms with Crippen LogP contribution >= 0.6 is 11.3 Å². The van der Waals surface area contributed by atoms with Gasteiger partial charge in [-0.25, -0.2) is 23.5 Å². The monoisotopic (exact) mass is 382 g/mol. The maximum absolute atomic E-state index is 13.3. The number of amides is 1. The topological polar surface area (TPSA) is 76.1 Å². The molecule has 1 aliphatic rings. The third-order valence-corrected chi connectivity index (χ3v) is 5.10. The molecule has 1 saturated carbocycles. The van der Waals surface area contributed by atoms with Crippen molar-refractivity contribution in [1.82, 2.24) is 15.3 Å². The highest BCUT2D eigenvalue weighted by molar-refractivity contribution is 7.13. The van der Waals surface area contributed by atoms with Crippen LogP contribution in [0.15, 0.2) is 17.5 Å². The molecule has 3 rings (SSSR count). The zero-order valence-electron chi connectivity index (χ0n) is 14.5. The zero-order chi connectivity index (χ0) is 18.7. The molecule has 2 aromatic rings. The summed E-state index contributed by atoms with van der Waals surface area (Å²) in [7, 11) is 1.47. The summed E-state index contributed by atoms with van der Waals surface area (Å²) in [5.41, 5.74) is 1.43. The molecular weight excluding hydrogens is 362 g/mol. The van der Waals surface area contributed by atoms with Crippen LogP contribution in [0.4, 0.5) is 19.4 Å². The van der Waals surface area contributed by atoms with Crippen molar-refractivity contribution in [2.75, 3.05) is 12.4 Å². The summed E-state index contributed by atoms with van der Waals surface area (Å²) in [6, 6.07) is 3.13. The van der Waals surface area contributed by atoms with E-state index in [1.807, 2.05) is 12.3 Å². The Labute approximate surface area is 154 Å². The van der Waals surface area contributed by atoms with E-state index in [0.717, 1.165) is 5.69 Å². The molecule has 9 heteroatoms. The van der Waals surface area contributed by atoms with Gasteiger partial charge in [-0.2, -0.15) is 0 Å². The lowest BCUT2D eigenvalue weighted by Crippen LogP contribution is -2.32. The Morgan fingerprint density at radius 2 is 2.04 bits per heavy atom. The number of aryl methyl sites for hydroxylation is 1. The van der Waals surface area contributed by atoms with Gasteiger partial charge in [0.05, 0.1) is 0 Å². The summed E-state index contributed by atoms with van der Waals surface area (Å²) in [6.45, 7) is 1.88. The number of halogens is 2. The second kappa shape index (κ2) is 7.53. The van der Waals surface area contributed by atoms with E-state index in [9.17, 15) is 13.6 Å². The predicted octanol–water partition coefficient (Wildman–Crippen LogP) is 4.22. The molecule has 0 bridgehead atoms. The molecule has 1 amide bonds. The number of alkyl halides is 2. The fraction of sp³-hybridized carbons (Fsp3) is 0.471. The van der Waals surface area contributed by atoms with Crippen LogP contribution in [0, 0.1) is 6.92 Å². The Balaban J connectivity index is 1.83. The van der Waals surface area contributed by atoms with Gasteiger partial charge in [-0.3, -0.25) is 0 Å². The number of thiazole rings is 1. The van der Waals surface area contributed by atoms with Crippen molar-refractivity contribution in [3.8, 4) is 16.5 Å². The molecule has 26 heavy (non-hydrogen) atoms. The largest absolute Gasteiger partial charge is 0.412 e. The highest BCUT2D eigenvalue weighted by atomic mass is 32.1. The summed E-state index contributed by atoms with van der Waals surface area (Å²) in [6.07, 6.45) is -0.155. The second-order valence-corrected chi connectivity index (χ2v) is 7.14. The molecule has 2 heterocycles. The molecule has 6 nitrogen and oxygen atoms in total. The van der Waals surface area contributed by atoms with E-state index in [1.54, 1.807) is 12.1 Å². The number of carbonyl (C=O) groups is 1. The molecular formula is C17H20F2N4O2S. The maximum Gasteiger partial charge on any atom is 0.412 e. The quantitative estimate of drug-likeness (QED) is 0.828. The number of carbonyl (C=O) groups excluding carboxylic acids is 1. The molecule has 0 aliphatic heterocycles. The number of ether oxygens (including phenoxy) is 1. The minimum Gasteiger partial charge on any atom is -0.410 e. The second-order valence-electron chi connectivity index (χ2n) is 6.28. The zero-order valence-corrected chi connectivity index (χ0v) is 15.3. The number of nitrogens with zero attached hydrogens (tertiary/aromatic N) is 2. The smallest absolute Gasteiger partial charge is 0.410 e. The Kier molecular flexibility index (Phi) is 5.36. The van der Waals surface area contributed by atoms with E-state index in [2.05, 4.69) is 20.6 Å². The molecule has 2 N–H and O–H groups in total. The molecule has 1 aliphatic carbocycles. The molecule has 140 valence electrons. The Bertz CT molecular complexity index is 787. The molecule has 0 unspecified atom stereocenters. The van der Waals surface area contributed by atoms with E-state index in [0.29, 0.717) is 35.1 Å². The molecule has 0 atom stereocenters. The van der Waals surface area contributed by atoms with Gasteiger partial charge in [0.15, 0.2) is 0 Å². The highest BCUT2D eigenvalue weighted by Crippen LogP contribution is 2.35. The maximum atomic E-state index is 13.3. The van der Waals surface area contributed by atoms with E-state index in [1.165, 1.54) is 18.4 Å². The van der Waals surface area contributed by atoms with Crippen LogP contribution in [-0.2, 0) is 0 Å². The number of nitrogens with one attached hydrogen (secondary N) is 2. The predicted molar refractivity (Wildman–Crippen MR) is 96.0 cm³/mol. The molecule has 0 radical (unpaired) electrons. The Morgan fingerprint density at radius 3 is 2.65 bits per heavy atom. The van der Waals surface area contributed by atoms with Gasteiger partial charge in [0.2, 0.25) is 5.92 Å². The first-order chi connectivity index (χ1) is 12.3. The van der Waals surface area contributed by atoms with Gasteiger partial charge in [-0.15, -0.1) is 11.3 Å². The third-order valence-electron chi connectivity index (χ3n) is 4.12. The van der Waals surface area contributed by atoms with Crippen LogP contribution in [-0.4, -0.2) is 35.1 Å². The van der Waals surface area contributed by atoms with Crippen LogP contribution in [0.25, 0.3) is 10.7 Å². The van der Waals surface area contributed by atoms with Crippen molar-refractivity contribution in [1.29, 1.82) is 0 Å². The molecule has 0 saturated heterocycles. The molecule has 2 aromatic heterocycles. The van der Waals surface area contributed by atoms with Gasteiger partial charge >= 0.3 is 6.09 Å². The van der Waals surface area contributed by atoms with Gasteiger partial charge in [-0.1, -0.05) is 0 Å². The Hall–Kier alpha value is -2.29. The molecule has 0 spiro atoms. The summed E-state index contributed by atoms with van der Waals surface area (Å²) >= 11 is 1.43. The van der Waals surface area contributed by atoms with Gasteiger partial charge in [-0.05, 0) is 19.8 Å². The number of pyridine rings is 1. The van der Waals surface area contributed by atoms with Crippen molar-refractivity contribution in [3.05, 3.63) is 23.2 Å². The van der Waals surface area contributed by atoms with E-state index in [4.69, 9.17) is 4.74 Å². The first kappa shape index (κ1) is 18.5. The van der Waals surface area contributed by atoms with E-state index in [-0.39, 0.29) is 18.9 Å². The normalized spacial score (nSPS) is 16.9. The average molecular weight is 382 g/mol. The van der Waals surface area contributed by atoms with Gasteiger partial charge in [0.25, 0.3) is 0 Å². The standard InChI is InChI=1S/C17H20F2N4O2S/c1-10-9-26-15(21-10)13-7-12(25-16(24)20-2)8-14(23-13)22-11-3-5-17(18,19)6-4-11/h7-9,11H,3-6H2,1-2H3,(H,20,24)(H,22,23). The van der Waals surface area contributed by atoms with Crippen molar-refractivity contribution in [2.45, 2.75) is 44.6 Å². The first-order valence-electron chi connectivity index (χ1n) is 8.33. The fourth-order valence-corrected chi connectivity index (χ4v) is 3.53. The van der Waals surface area contributed by atoms with Gasteiger partial charge in [0.1, 0.15) is 22.3 Å². The Morgan fingerprint density at radius 1 is 1.31 bits per heavy atom. The van der Waals surface area contributed by atoms with E-state index < -0.39 is 12.0 Å². The number of hydrogen-bond donors (Lipinski definition) is 2. The van der Waals surface area contributed by atoms with E-state index >= 15 is 0 Å². The fourth-order valence-electron chi connectivity index (χ4n) is 2.77. The van der Waals surface area contributed by atoms with Crippen molar-refractivity contribution >= 4 is 23.2 Å². The molecule has 0 aromatic carbocycles. The van der Waals surface area contributed by atoms with Crippen molar-refractivity contribution < 1.29 is 18.3 Å². The lowest BCUT2D eigenvalue weighted by Gasteiger charge is -2.29. The third kappa shape index (κ3) is 4.66. The molecule has 1 fully saturated rings. The lowest BCUT2D eigenvalue weighted by atomic mass is 9.92. The first-order valence-corrected chi connectivity index (χ1v) is 9.21. The van der Waals surface area contributed by atoms with Crippen LogP contribution in [0.5, 0.6) is 5.75 Å². The summed E-state index contributed by atoms with van der Waals surface area (Å²) in [4.78, 5) is 20.5. The van der Waals surface area contributed by atoms with Gasteiger partial charge < -0.3 is 15.4 Å². The highest BCUT2D eigenvalue weighted by Gasteiger charge is 2.35. The number of hydrogen-bond acceptors (Lipinski definition) is 6. The minimum atomic E-state index is -2.58. The minimum absolute atomic E-state index is 0.0942. The SMILES string of the molecule is CNC(=O)Oc1cc(NC2CCC(F)(F)CC2)nc(-c2nc(C)cs2)c1. The number of anilines is 1. The average Bonchev–Trinajstić information content (AvgIpc) is 3.03. The van der Waals surface area contributed by atoms with Crippen molar-refractivity contribution in [2.24, 2.45) is 0 Å². The van der Waals surface area contributed by atoms with Crippen LogP contribution in [0.1, 0.15) is 31.4 Å². The summed E-state index contributed by atoms with van der Waals surface area (Å²) in [5, 5.41) is 8.18. The number of aromatic nitrogens is 2. The van der Waals surface area contributed by atoms with Gasteiger partial charge in [0, 0.05) is 49.1 Å².